The highest BCUT2D eigenvalue weighted by Gasteiger charge is 2.45. The minimum Gasteiger partial charge on any atom is -0.298 e. The number of ketones is 1. The van der Waals surface area contributed by atoms with E-state index in [2.05, 4.69) is 15.9 Å². The summed E-state index contributed by atoms with van der Waals surface area (Å²) in [5.74, 6) is -0.445. The molecule has 0 saturated heterocycles. The lowest BCUT2D eigenvalue weighted by atomic mass is 9.97. The Hall–Kier alpha value is -1.46. The summed E-state index contributed by atoms with van der Waals surface area (Å²) in [5.41, 5.74) is 0.916. The zero-order valence-electron chi connectivity index (χ0n) is 11.8. The molecule has 0 radical (unpaired) electrons. The molecule has 0 aliphatic heterocycles. The number of benzene rings is 2. The SMILES string of the molecule is O=C1CC[C@@H](c2ccccc2)[C@@H]1S(=O)(=O)c1ccc(Br)cc1. The maximum atomic E-state index is 12.9. The molecular formula is C17H15BrO3S. The van der Waals surface area contributed by atoms with Gasteiger partial charge in [-0.1, -0.05) is 46.3 Å². The average molecular weight is 379 g/mol. The van der Waals surface area contributed by atoms with Crippen molar-refractivity contribution >= 4 is 31.6 Å². The van der Waals surface area contributed by atoms with Gasteiger partial charge >= 0.3 is 0 Å². The third-order valence-corrected chi connectivity index (χ3v) is 6.81. The van der Waals surface area contributed by atoms with Gasteiger partial charge in [-0.05, 0) is 36.2 Å². The molecular weight excluding hydrogens is 364 g/mol. The van der Waals surface area contributed by atoms with Gasteiger partial charge in [-0.2, -0.15) is 0 Å². The van der Waals surface area contributed by atoms with Gasteiger partial charge in [0.1, 0.15) is 5.25 Å². The predicted molar refractivity (Wildman–Crippen MR) is 88.5 cm³/mol. The van der Waals surface area contributed by atoms with Gasteiger partial charge in [0.2, 0.25) is 0 Å². The fourth-order valence-corrected chi connectivity index (χ4v) is 5.28. The molecule has 2 atom stereocenters. The lowest BCUT2D eigenvalue weighted by Gasteiger charge is -2.19. The summed E-state index contributed by atoms with van der Waals surface area (Å²) in [5, 5.41) is -0.976. The zero-order chi connectivity index (χ0) is 15.7. The summed E-state index contributed by atoms with van der Waals surface area (Å²) in [6, 6.07) is 15.9. The summed E-state index contributed by atoms with van der Waals surface area (Å²) in [6.07, 6.45) is 0.906. The highest BCUT2D eigenvalue weighted by molar-refractivity contribution is 9.10. The molecule has 1 aliphatic rings. The van der Waals surface area contributed by atoms with E-state index in [1.807, 2.05) is 30.3 Å². The first-order chi connectivity index (χ1) is 10.5. The van der Waals surface area contributed by atoms with Crippen molar-refractivity contribution in [2.24, 2.45) is 0 Å². The third-order valence-electron chi connectivity index (χ3n) is 4.09. The number of carbonyl (C=O) groups excluding carboxylic acids is 1. The Balaban J connectivity index is 2.03. The van der Waals surface area contributed by atoms with E-state index < -0.39 is 15.1 Å². The van der Waals surface area contributed by atoms with Gasteiger partial charge in [-0.25, -0.2) is 8.42 Å². The topological polar surface area (TPSA) is 51.2 Å². The monoisotopic (exact) mass is 378 g/mol. The quantitative estimate of drug-likeness (QED) is 0.817. The molecule has 0 unspecified atom stereocenters. The molecule has 0 spiro atoms. The van der Waals surface area contributed by atoms with Crippen LogP contribution >= 0.6 is 15.9 Å². The van der Waals surface area contributed by atoms with Gasteiger partial charge in [0.25, 0.3) is 0 Å². The van der Waals surface area contributed by atoms with Crippen LogP contribution in [-0.2, 0) is 14.6 Å². The summed E-state index contributed by atoms with van der Waals surface area (Å²) >= 11 is 3.29. The average Bonchev–Trinajstić information content (AvgIpc) is 2.91. The van der Waals surface area contributed by atoms with E-state index in [-0.39, 0.29) is 16.6 Å². The molecule has 114 valence electrons. The Bertz CT molecular complexity index is 782. The third kappa shape index (κ3) is 2.75. The molecule has 5 heteroatoms. The van der Waals surface area contributed by atoms with E-state index in [4.69, 9.17) is 0 Å². The normalized spacial score (nSPS) is 22.0. The smallest absolute Gasteiger partial charge is 0.188 e. The van der Waals surface area contributed by atoms with E-state index in [9.17, 15) is 13.2 Å². The van der Waals surface area contributed by atoms with Crippen molar-refractivity contribution in [2.75, 3.05) is 0 Å². The summed E-state index contributed by atoms with van der Waals surface area (Å²) in [6.45, 7) is 0. The highest BCUT2D eigenvalue weighted by Crippen LogP contribution is 2.39. The largest absolute Gasteiger partial charge is 0.298 e. The molecule has 3 nitrogen and oxygen atoms in total. The van der Waals surface area contributed by atoms with Gasteiger partial charge in [0.05, 0.1) is 4.90 Å². The van der Waals surface area contributed by atoms with Crippen LogP contribution < -0.4 is 0 Å². The number of hydrogen-bond donors (Lipinski definition) is 0. The van der Waals surface area contributed by atoms with Crippen molar-refractivity contribution in [3.8, 4) is 0 Å². The van der Waals surface area contributed by atoms with Gasteiger partial charge in [0, 0.05) is 16.8 Å². The zero-order valence-corrected chi connectivity index (χ0v) is 14.2. The van der Waals surface area contributed by atoms with Crippen LogP contribution in [-0.4, -0.2) is 19.5 Å². The molecule has 1 fully saturated rings. The van der Waals surface area contributed by atoms with E-state index in [1.165, 1.54) is 0 Å². The Morgan fingerprint density at radius 3 is 2.23 bits per heavy atom. The number of rotatable bonds is 3. The number of carbonyl (C=O) groups is 1. The van der Waals surface area contributed by atoms with Crippen molar-refractivity contribution in [1.82, 2.24) is 0 Å². The molecule has 2 aromatic rings. The van der Waals surface area contributed by atoms with Crippen molar-refractivity contribution in [2.45, 2.75) is 28.9 Å². The predicted octanol–water partition coefficient (Wildman–Crippen LogP) is 3.74. The molecule has 0 aromatic heterocycles. The van der Waals surface area contributed by atoms with Crippen LogP contribution in [0.5, 0.6) is 0 Å². The summed E-state index contributed by atoms with van der Waals surface area (Å²) < 4.78 is 26.6. The van der Waals surface area contributed by atoms with Crippen LogP contribution in [0, 0.1) is 0 Å². The Labute approximate surface area is 138 Å². The number of sulfone groups is 1. The van der Waals surface area contributed by atoms with E-state index in [0.717, 1.165) is 10.0 Å². The fourth-order valence-electron chi connectivity index (χ4n) is 3.02. The summed E-state index contributed by atoms with van der Waals surface area (Å²) in [4.78, 5) is 12.5. The fraction of sp³-hybridized carbons (Fsp3) is 0.235. The van der Waals surface area contributed by atoms with Crippen molar-refractivity contribution in [3.63, 3.8) is 0 Å². The molecule has 2 aromatic carbocycles. The van der Waals surface area contributed by atoms with Crippen molar-refractivity contribution in [3.05, 3.63) is 64.6 Å². The molecule has 1 aliphatic carbocycles. The first kappa shape index (κ1) is 15.4. The van der Waals surface area contributed by atoms with Crippen LogP contribution in [0.3, 0.4) is 0 Å². The molecule has 0 N–H and O–H groups in total. The van der Waals surface area contributed by atoms with Crippen LogP contribution in [0.4, 0.5) is 0 Å². The Morgan fingerprint density at radius 2 is 1.59 bits per heavy atom. The van der Waals surface area contributed by atoms with Crippen LogP contribution in [0.1, 0.15) is 24.3 Å². The maximum Gasteiger partial charge on any atom is 0.188 e. The van der Waals surface area contributed by atoms with Crippen molar-refractivity contribution < 1.29 is 13.2 Å². The molecule has 22 heavy (non-hydrogen) atoms. The van der Waals surface area contributed by atoms with Gasteiger partial charge < -0.3 is 0 Å². The molecule has 0 heterocycles. The number of hydrogen-bond acceptors (Lipinski definition) is 3. The number of halogens is 1. The second kappa shape index (κ2) is 5.97. The van der Waals surface area contributed by atoms with Gasteiger partial charge in [-0.15, -0.1) is 0 Å². The second-order valence-corrected chi connectivity index (χ2v) is 8.43. The summed E-state index contributed by atoms with van der Waals surface area (Å²) in [7, 11) is -3.67. The van der Waals surface area contributed by atoms with E-state index in [0.29, 0.717) is 12.8 Å². The van der Waals surface area contributed by atoms with Gasteiger partial charge in [0.15, 0.2) is 15.6 Å². The minimum atomic E-state index is -3.67. The molecule has 3 rings (SSSR count). The van der Waals surface area contributed by atoms with Crippen LogP contribution in [0.2, 0.25) is 0 Å². The highest BCUT2D eigenvalue weighted by atomic mass is 79.9. The lowest BCUT2D eigenvalue weighted by molar-refractivity contribution is -0.117. The van der Waals surface area contributed by atoms with Crippen LogP contribution in [0.15, 0.2) is 64.0 Å². The minimum absolute atomic E-state index is 0.184. The Kier molecular flexibility index (Phi) is 4.19. The standard InChI is InChI=1S/C17H15BrO3S/c18-13-6-8-14(9-7-13)22(20,21)17-15(10-11-16(17)19)12-4-2-1-3-5-12/h1-9,15,17H,10-11H2/t15-,17-/m0/s1. The molecule has 0 bridgehead atoms. The van der Waals surface area contributed by atoms with Crippen molar-refractivity contribution in [1.29, 1.82) is 0 Å². The van der Waals surface area contributed by atoms with Crippen LogP contribution in [0.25, 0.3) is 0 Å². The van der Waals surface area contributed by atoms with Gasteiger partial charge in [-0.3, -0.25) is 4.79 Å². The first-order valence-corrected chi connectivity index (χ1v) is 9.41. The van der Waals surface area contributed by atoms with E-state index >= 15 is 0 Å². The lowest BCUT2D eigenvalue weighted by Crippen LogP contribution is -2.30. The second-order valence-electron chi connectivity index (χ2n) is 5.44. The number of Topliss-reactive ketones (excluding diaryl/α,β-unsaturated/α-hetero) is 1. The van der Waals surface area contributed by atoms with E-state index in [1.54, 1.807) is 24.3 Å². The first-order valence-electron chi connectivity index (χ1n) is 7.07. The molecule has 0 amide bonds. The maximum absolute atomic E-state index is 12.9. The molecule has 1 saturated carbocycles. The Morgan fingerprint density at radius 1 is 0.955 bits per heavy atom.